The number of likely N-dealkylation sites (tertiary alicyclic amines) is 1. The molecule has 9 nitrogen and oxygen atoms in total. The molecule has 0 radical (unpaired) electrons. The number of carbonyl (C=O) groups excluding carboxylic acids is 2. The number of carbonyl (C=O) groups is 2. The maximum absolute atomic E-state index is 13.5. The van der Waals surface area contributed by atoms with Gasteiger partial charge in [-0.25, -0.2) is 0 Å². The maximum atomic E-state index is 13.5. The largest absolute Gasteiger partial charge is 0.507 e. The predicted molar refractivity (Wildman–Crippen MR) is 157 cm³/mol. The van der Waals surface area contributed by atoms with E-state index in [1.54, 1.807) is 37.3 Å². The summed E-state index contributed by atoms with van der Waals surface area (Å²) in [7, 11) is 0. The van der Waals surface area contributed by atoms with Gasteiger partial charge in [0.15, 0.2) is 11.5 Å². The van der Waals surface area contributed by atoms with Crippen molar-refractivity contribution in [2.75, 3.05) is 46.0 Å². The van der Waals surface area contributed by atoms with E-state index in [-0.39, 0.29) is 29.4 Å². The van der Waals surface area contributed by atoms with Crippen LogP contribution in [-0.4, -0.2) is 77.7 Å². The number of amides is 1. The third-order valence-electron chi connectivity index (χ3n) is 7.60. The number of nitrogens with zero attached hydrogens (tertiary/aromatic N) is 2. The zero-order valence-electron chi connectivity index (χ0n) is 23.9. The number of rotatable bonds is 10. The molecular formula is C33H36N2O7. The van der Waals surface area contributed by atoms with Gasteiger partial charge < -0.3 is 29.3 Å². The van der Waals surface area contributed by atoms with Gasteiger partial charge >= 0.3 is 0 Å². The zero-order chi connectivity index (χ0) is 29.6. The first kappa shape index (κ1) is 29.2. The van der Waals surface area contributed by atoms with E-state index in [9.17, 15) is 19.8 Å². The Labute approximate surface area is 245 Å². The van der Waals surface area contributed by atoms with Crippen molar-refractivity contribution in [2.24, 2.45) is 0 Å². The van der Waals surface area contributed by atoms with Gasteiger partial charge in [-0.2, -0.15) is 0 Å². The summed E-state index contributed by atoms with van der Waals surface area (Å²) in [6.45, 7) is 7.87. The number of phenolic OH excluding ortho intramolecular Hbond substituents is 1. The van der Waals surface area contributed by atoms with Gasteiger partial charge in [0.25, 0.3) is 11.7 Å². The van der Waals surface area contributed by atoms with Gasteiger partial charge in [0.1, 0.15) is 18.1 Å². The van der Waals surface area contributed by atoms with Crippen molar-refractivity contribution in [1.82, 2.24) is 9.80 Å². The first-order valence-electron chi connectivity index (χ1n) is 14.2. The van der Waals surface area contributed by atoms with Crippen LogP contribution in [-0.2, 0) is 20.9 Å². The van der Waals surface area contributed by atoms with Crippen LogP contribution in [0.4, 0.5) is 0 Å². The second-order valence-electron chi connectivity index (χ2n) is 10.4. The van der Waals surface area contributed by atoms with Crippen molar-refractivity contribution in [3.63, 3.8) is 0 Å². The lowest BCUT2D eigenvalue weighted by Crippen LogP contribution is -2.42. The molecule has 42 heavy (non-hydrogen) atoms. The number of ether oxygens (including phenoxy) is 3. The molecule has 0 aliphatic carbocycles. The van der Waals surface area contributed by atoms with Crippen LogP contribution in [0.1, 0.15) is 35.2 Å². The number of phenols is 1. The van der Waals surface area contributed by atoms with Crippen molar-refractivity contribution in [3.05, 3.63) is 94.6 Å². The molecule has 0 bridgehead atoms. The van der Waals surface area contributed by atoms with Crippen LogP contribution in [0.5, 0.6) is 17.2 Å². The molecule has 0 unspecified atom stereocenters. The van der Waals surface area contributed by atoms with Gasteiger partial charge in [-0.15, -0.1) is 0 Å². The minimum Gasteiger partial charge on any atom is -0.507 e. The molecule has 2 fully saturated rings. The fraction of sp³-hybridized carbons (Fsp3) is 0.333. The number of aryl methyl sites for hydroxylation is 1. The van der Waals surface area contributed by atoms with Gasteiger partial charge in [-0.3, -0.25) is 14.5 Å². The SMILES string of the molecule is CCOc1cc([C@H]2C(=C(O)c3ccc(OCc4ccccc4)cc3C)C(=O)C(=O)N2CCN2CCOCC2)ccc1O. The smallest absolute Gasteiger partial charge is 0.295 e. The number of aliphatic hydroxyl groups is 1. The average molecular weight is 573 g/mol. The Hall–Kier alpha value is -4.34. The topological polar surface area (TPSA) is 109 Å². The molecule has 1 atom stereocenters. The van der Waals surface area contributed by atoms with E-state index in [4.69, 9.17) is 14.2 Å². The Morgan fingerprint density at radius 3 is 2.45 bits per heavy atom. The average Bonchev–Trinajstić information content (AvgIpc) is 3.26. The first-order valence-corrected chi connectivity index (χ1v) is 14.2. The summed E-state index contributed by atoms with van der Waals surface area (Å²) in [4.78, 5) is 30.6. The predicted octanol–water partition coefficient (Wildman–Crippen LogP) is 4.43. The van der Waals surface area contributed by atoms with Crippen molar-refractivity contribution < 1.29 is 34.0 Å². The van der Waals surface area contributed by atoms with Crippen LogP contribution in [0.25, 0.3) is 5.76 Å². The molecule has 2 heterocycles. The van der Waals surface area contributed by atoms with Crippen LogP contribution in [0, 0.1) is 6.92 Å². The Morgan fingerprint density at radius 1 is 0.976 bits per heavy atom. The summed E-state index contributed by atoms with van der Waals surface area (Å²) in [5.74, 6) is -0.881. The van der Waals surface area contributed by atoms with Crippen LogP contribution in [0.2, 0.25) is 0 Å². The number of hydrogen-bond acceptors (Lipinski definition) is 8. The van der Waals surface area contributed by atoms with E-state index in [2.05, 4.69) is 4.90 Å². The molecule has 2 saturated heterocycles. The molecule has 2 aliphatic heterocycles. The molecule has 3 aromatic carbocycles. The Balaban J connectivity index is 1.49. The van der Waals surface area contributed by atoms with Gasteiger partial charge in [0.2, 0.25) is 0 Å². The number of hydrogen-bond donors (Lipinski definition) is 2. The van der Waals surface area contributed by atoms with E-state index in [0.717, 1.165) is 18.7 Å². The molecule has 9 heteroatoms. The number of morpholine rings is 1. The van der Waals surface area contributed by atoms with E-state index in [0.29, 0.717) is 55.4 Å². The molecule has 220 valence electrons. The highest BCUT2D eigenvalue weighted by molar-refractivity contribution is 6.46. The molecule has 0 saturated carbocycles. The third kappa shape index (κ3) is 6.27. The zero-order valence-corrected chi connectivity index (χ0v) is 23.9. The highest BCUT2D eigenvalue weighted by Crippen LogP contribution is 2.42. The maximum Gasteiger partial charge on any atom is 0.295 e. The Bertz CT molecular complexity index is 1460. The van der Waals surface area contributed by atoms with Crippen LogP contribution in [0.15, 0.2) is 72.3 Å². The van der Waals surface area contributed by atoms with Crippen molar-refractivity contribution in [1.29, 1.82) is 0 Å². The quantitative estimate of drug-likeness (QED) is 0.209. The third-order valence-corrected chi connectivity index (χ3v) is 7.60. The van der Waals surface area contributed by atoms with Gasteiger partial charge in [0, 0.05) is 31.7 Å². The summed E-state index contributed by atoms with van der Waals surface area (Å²) >= 11 is 0. The lowest BCUT2D eigenvalue weighted by atomic mass is 9.93. The van der Waals surface area contributed by atoms with E-state index in [1.165, 1.54) is 11.0 Å². The standard InChI is InChI=1S/C33H36N2O7/c1-3-41-28-20-24(9-12-27(28)36)30-29(32(38)33(39)35(30)14-13-34-15-17-40-18-16-34)31(37)26-11-10-25(19-22(26)2)42-21-23-7-5-4-6-8-23/h4-12,19-20,30,36-37H,3,13-18,21H2,1-2H3/t30-/m0/s1. The van der Waals surface area contributed by atoms with Crippen LogP contribution >= 0.6 is 0 Å². The van der Waals surface area contributed by atoms with Gasteiger partial charge in [-0.05, 0) is 60.9 Å². The van der Waals surface area contributed by atoms with Crippen molar-refractivity contribution in [3.8, 4) is 17.2 Å². The Kier molecular flexibility index (Phi) is 9.09. The summed E-state index contributed by atoms with van der Waals surface area (Å²) in [6.07, 6.45) is 0. The van der Waals surface area contributed by atoms with E-state index < -0.39 is 17.7 Å². The summed E-state index contributed by atoms with van der Waals surface area (Å²) in [5.41, 5.74) is 2.70. The minimum atomic E-state index is -0.862. The van der Waals surface area contributed by atoms with Crippen LogP contribution in [0.3, 0.4) is 0 Å². The highest BCUT2D eigenvalue weighted by atomic mass is 16.5. The molecule has 0 spiro atoms. The van der Waals surface area contributed by atoms with E-state index in [1.807, 2.05) is 37.3 Å². The number of benzene rings is 3. The summed E-state index contributed by atoms with van der Waals surface area (Å²) in [6, 6.07) is 18.9. The van der Waals surface area contributed by atoms with Crippen molar-refractivity contribution >= 4 is 17.4 Å². The second-order valence-corrected chi connectivity index (χ2v) is 10.4. The second kappa shape index (κ2) is 13.1. The molecule has 3 aromatic rings. The molecular weight excluding hydrogens is 536 g/mol. The summed E-state index contributed by atoms with van der Waals surface area (Å²) in [5, 5.41) is 21.9. The number of aromatic hydroxyl groups is 1. The molecule has 1 amide bonds. The number of ketones is 1. The normalized spacial score (nSPS) is 18.8. The van der Waals surface area contributed by atoms with Gasteiger partial charge in [0.05, 0.1) is 31.4 Å². The van der Waals surface area contributed by atoms with Crippen LogP contribution < -0.4 is 9.47 Å². The number of Topliss-reactive ketones (excluding diaryl/α,β-unsaturated/α-hetero) is 1. The molecule has 0 aromatic heterocycles. The summed E-state index contributed by atoms with van der Waals surface area (Å²) < 4.78 is 17.0. The first-order chi connectivity index (χ1) is 20.4. The Morgan fingerprint density at radius 2 is 1.74 bits per heavy atom. The fourth-order valence-electron chi connectivity index (χ4n) is 5.38. The highest BCUT2D eigenvalue weighted by Gasteiger charge is 2.46. The van der Waals surface area contributed by atoms with E-state index >= 15 is 0 Å². The molecule has 5 rings (SSSR count). The molecule has 2 aliphatic rings. The lowest BCUT2D eigenvalue weighted by molar-refractivity contribution is -0.140. The van der Waals surface area contributed by atoms with Crippen molar-refractivity contribution in [2.45, 2.75) is 26.5 Å². The fourth-order valence-corrected chi connectivity index (χ4v) is 5.38. The monoisotopic (exact) mass is 572 g/mol. The number of aliphatic hydroxyl groups excluding tert-OH is 1. The van der Waals surface area contributed by atoms with Gasteiger partial charge in [-0.1, -0.05) is 36.4 Å². The minimum absolute atomic E-state index is 0.00355. The lowest BCUT2D eigenvalue weighted by Gasteiger charge is -2.31. The molecule has 2 N–H and O–H groups in total.